The van der Waals surface area contributed by atoms with Gasteiger partial charge in [-0.15, -0.1) is 0 Å². The van der Waals surface area contributed by atoms with Crippen LogP contribution in [0.2, 0.25) is 0 Å². The number of hydrogen-bond acceptors (Lipinski definition) is 4. The maximum Gasteiger partial charge on any atom is 0.308 e. The first kappa shape index (κ1) is 15.7. The quantitative estimate of drug-likeness (QED) is 0.821. The number of piperidine rings is 1. The summed E-state index contributed by atoms with van der Waals surface area (Å²) in [5, 5.41) is 0. The Hall–Kier alpha value is -1.17. The lowest BCUT2D eigenvalue weighted by Gasteiger charge is -2.31. The van der Waals surface area contributed by atoms with Crippen LogP contribution in [0.25, 0.3) is 10.2 Å². The van der Waals surface area contributed by atoms with Gasteiger partial charge in [-0.1, -0.05) is 23.5 Å². The average Bonchev–Trinajstić information content (AvgIpc) is 2.85. The van der Waals surface area contributed by atoms with E-state index in [9.17, 15) is 4.79 Å². The van der Waals surface area contributed by atoms with Crippen LogP contribution >= 0.6 is 11.3 Å². The minimum absolute atomic E-state index is 0.167. The number of hydrogen-bond donors (Lipinski definition) is 0. The van der Waals surface area contributed by atoms with E-state index in [1.807, 2.05) is 28.8 Å². The van der Waals surface area contributed by atoms with Crippen LogP contribution < -0.4 is 4.87 Å². The molecule has 0 bridgehead atoms. The maximum atomic E-state index is 12.1. The van der Waals surface area contributed by atoms with Crippen molar-refractivity contribution in [3.8, 4) is 0 Å². The molecule has 0 unspecified atom stereocenters. The molecule has 2 aromatic rings. The number of rotatable bonds is 6. The first-order valence-corrected chi connectivity index (χ1v) is 8.89. The molecule has 1 fully saturated rings. The molecule has 120 valence electrons. The van der Waals surface area contributed by atoms with Crippen LogP contribution in [0.15, 0.2) is 29.1 Å². The number of para-hydroxylation sites is 1. The number of likely N-dealkylation sites (tertiary alicyclic amines) is 1. The SMILES string of the molecule is COCC1CCN(CCCn2c(=O)sc3ccccc32)CC1. The van der Waals surface area contributed by atoms with Crippen molar-refractivity contribution >= 4 is 21.6 Å². The molecular formula is C17H24N2O2S. The fourth-order valence-corrected chi connectivity index (χ4v) is 4.21. The van der Waals surface area contributed by atoms with Gasteiger partial charge in [0, 0.05) is 20.3 Å². The van der Waals surface area contributed by atoms with E-state index in [2.05, 4.69) is 4.90 Å². The van der Waals surface area contributed by atoms with Crippen LogP contribution in [-0.4, -0.2) is 42.8 Å². The molecule has 0 amide bonds. The smallest absolute Gasteiger partial charge is 0.308 e. The summed E-state index contributed by atoms with van der Waals surface area (Å²) in [7, 11) is 1.79. The van der Waals surface area contributed by atoms with Crippen molar-refractivity contribution in [2.75, 3.05) is 33.4 Å². The van der Waals surface area contributed by atoms with E-state index in [0.29, 0.717) is 0 Å². The molecule has 0 aliphatic carbocycles. The standard InChI is InChI=1S/C17H24N2O2S/c1-21-13-14-7-11-18(12-8-14)9-4-10-19-15-5-2-3-6-16(15)22-17(19)20/h2-3,5-6,14H,4,7-13H2,1H3. The van der Waals surface area contributed by atoms with Gasteiger partial charge >= 0.3 is 4.87 Å². The topological polar surface area (TPSA) is 34.5 Å². The monoisotopic (exact) mass is 320 g/mol. The Morgan fingerprint density at radius 2 is 2.00 bits per heavy atom. The molecule has 0 saturated carbocycles. The molecule has 5 heteroatoms. The van der Waals surface area contributed by atoms with Crippen molar-refractivity contribution in [3.63, 3.8) is 0 Å². The molecule has 2 heterocycles. The summed E-state index contributed by atoms with van der Waals surface area (Å²) in [4.78, 5) is 14.8. The Morgan fingerprint density at radius 1 is 1.23 bits per heavy atom. The predicted octanol–water partition coefficient (Wildman–Crippen LogP) is 2.81. The molecule has 4 nitrogen and oxygen atoms in total. The van der Waals surface area contributed by atoms with E-state index in [1.165, 1.54) is 24.2 Å². The second-order valence-electron chi connectivity index (χ2n) is 6.08. The van der Waals surface area contributed by atoms with Crippen molar-refractivity contribution in [2.24, 2.45) is 5.92 Å². The van der Waals surface area contributed by atoms with Crippen LogP contribution in [-0.2, 0) is 11.3 Å². The van der Waals surface area contributed by atoms with Gasteiger partial charge in [0.2, 0.25) is 0 Å². The second-order valence-corrected chi connectivity index (χ2v) is 7.07. The van der Waals surface area contributed by atoms with Crippen molar-refractivity contribution in [1.82, 2.24) is 9.47 Å². The molecule has 0 N–H and O–H groups in total. The summed E-state index contributed by atoms with van der Waals surface area (Å²) in [6.45, 7) is 5.11. The minimum atomic E-state index is 0.167. The van der Waals surface area contributed by atoms with Gasteiger partial charge in [0.25, 0.3) is 0 Å². The number of methoxy groups -OCH3 is 1. The van der Waals surface area contributed by atoms with E-state index in [1.54, 1.807) is 7.11 Å². The molecule has 1 aliphatic rings. The van der Waals surface area contributed by atoms with Gasteiger partial charge in [0.1, 0.15) is 0 Å². The molecule has 3 rings (SSSR count). The Labute approximate surface area is 135 Å². The van der Waals surface area contributed by atoms with E-state index in [-0.39, 0.29) is 4.87 Å². The first-order chi connectivity index (χ1) is 10.8. The van der Waals surface area contributed by atoms with Gasteiger partial charge in [-0.05, 0) is 56.9 Å². The highest BCUT2D eigenvalue weighted by Gasteiger charge is 2.18. The van der Waals surface area contributed by atoms with Crippen molar-refractivity contribution in [2.45, 2.75) is 25.8 Å². The van der Waals surface area contributed by atoms with Gasteiger partial charge in [0.15, 0.2) is 0 Å². The number of aromatic nitrogens is 1. The number of aryl methyl sites for hydroxylation is 1. The van der Waals surface area contributed by atoms with Crippen LogP contribution in [0.1, 0.15) is 19.3 Å². The van der Waals surface area contributed by atoms with Crippen LogP contribution in [0.3, 0.4) is 0 Å². The number of benzene rings is 1. The van der Waals surface area contributed by atoms with Crippen LogP contribution in [0, 0.1) is 5.92 Å². The van der Waals surface area contributed by atoms with E-state index < -0.39 is 0 Å². The highest BCUT2D eigenvalue weighted by atomic mass is 32.1. The molecule has 0 atom stereocenters. The lowest BCUT2D eigenvalue weighted by Crippen LogP contribution is -2.36. The van der Waals surface area contributed by atoms with Crippen molar-refractivity contribution in [3.05, 3.63) is 33.9 Å². The third-order valence-corrected chi connectivity index (χ3v) is 5.50. The van der Waals surface area contributed by atoms with E-state index >= 15 is 0 Å². The first-order valence-electron chi connectivity index (χ1n) is 8.07. The number of nitrogens with zero attached hydrogens (tertiary/aromatic N) is 2. The molecular weight excluding hydrogens is 296 g/mol. The Balaban J connectivity index is 1.51. The third kappa shape index (κ3) is 3.59. The van der Waals surface area contributed by atoms with Crippen molar-refractivity contribution in [1.29, 1.82) is 0 Å². The fraction of sp³-hybridized carbons (Fsp3) is 0.588. The zero-order chi connectivity index (χ0) is 15.4. The van der Waals surface area contributed by atoms with Gasteiger partial charge in [-0.25, -0.2) is 0 Å². The summed E-state index contributed by atoms with van der Waals surface area (Å²) in [5.74, 6) is 0.727. The summed E-state index contributed by atoms with van der Waals surface area (Å²) < 4.78 is 8.26. The van der Waals surface area contributed by atoms with Gasteiger partial charge in [-0.2, -0.15) is 0 Å². The number of ether oxygens (including phenoxy) is 1. The summed E-state index contributed by atoms with van der Waals surface area (Å²) in [6.07, 6.45) is 3.50. The van der Waals surface area contributed by atoms with Crippen molar-refractivity contribution < 1.29 is 4.74 Å². The highest BCUT2D eigenvalue weighted by Crippen LogP contribution is 2.19. The summed E-state index contributed by atoms with van der Waals surface area (Å²) in [6, 6.07) is 8.07. The molecule has 1 saturated heterocycles. The molecule has 0 radical (unpaired) electrons. The Morgan fingerprint density at radius 3 is 2.77 bits per heavy atom. The molecule has 1 aliphatic heterocycles. The van der Waals surface area contributed by atoms with Gasteiger partial charge in [0.05, 0.1) is 10.2 Å². The molecule has 22 heavy (non-hydrogen) atoms. The number of thiazole rings is 1. The second kappa shape index (κ2) is 7.40. The fourth-order valence-electron chi connectivity index (χ4n) is 3.29. The average molecular weight is 320 g/mol. The predicted molar refractivity (Wildman–Crippen MR) is 91.7 cm³/mol. The normalized spacial score (nSPS) is 17.3. The Bertz CT molecular complexity index is 656. The lowest BCUT2D eigenvalue weighted by atomic mass is 9.98. The minimum Gasteiger partial charge on any atom is -0.384 e. The van der Waals surface area contributed by atoms with E-state index in [4.69, 9.17) is 4.74 Å². The zero-order valence-electron chi connectivity index (χ0n) is 13.2. The van der Waals surface area contributed by atoms with Crippen LogP contribution in [0.4, 0.5) is 0 Å². The van der Waals surface area contributed by atoms with Gasteiger partial charge < -0.3 is 9.64 Å². The zero-order valence-corrected chi connectivity index (χ0v) is 14.0. The summed E-state index contributed by atoms with van der Waals surface area (Å²) >= 11 is 1.35. The lowest BCUT2D eigenvalue weighted by molar-refractivity contribution is 0.0986. The molecule has 1 aromatic heterocycles. The Kier molecular flexibility index (Phi) is 5.28. The molecule has 1 aromatic carbocycles. The maximum absolute atomic E-state index is 12.1. The third-order valence-electron chi connectivity index (χ3n) is 4.54. The van der Waals surface area contributed by atoms with Gasteiger partial charge in [-0.3, -0.25) is 9.36 Å². The molecule has 0 spiro atoms. The van der Waals surface area contributed by atoms with Crippen LogP contribution in [0.5, 0.6) is 0 Å². The van der Waals surface area contributed by atoms with E-state index in [0.717, 1.165) is 55.3 Å². The number of fused-ring (bicyclic) bond motifs is 1. The summed E-state index contributed by atoms with van der Waals surface area (Å²) in [5.41, 5.74) is 1.08. The largest absolute Gasteiger partial charge is 0.384 e. The highest BCUT2D eigenvalue weighted by molar-refractivity contribution is 7.16.